The van der Waals surface area contributed by atoms with Gasteiger partial charge in [-0.15, -0.1) is 11.8 Å². The summed E-state index contributed by atoms with van der Waals surface area (Å²) in [6.45, 7) is 0.0857. The zero-order valence-electron chi connectivity index (χ0n) is 15.7. The third-order valence-corrected chi connectivity index (χ3v) is 7.04. The van der Waals surface area contributed by atoms with Crippen LogP contribution in [0.1, 0.15) is 11.1 Å². The summed E-state index contributed by atoms with van der Waals surface area (Å²) in [4.78, 5) is 28.7. The second-order valence-electron chi connectivity index (χ2n) is 7.14. The van der Waals surface area contributed by atoms with Crippen molar-refractivity contribution in [2.45, 2.75) is 11.4 Å². The number of carbonyl (C=O) groups is 2. The fourth-order valence-electron chi connectivity index (χ4n) is 4.12. The van der Waals surface area contributed by atoms with Gasteiger partial charge in [-0.2, -0.15) is 0 Å². The minimum atomic E-state index is -1.23. The Morgan fingerprint density at radius 3 is 2.57 bits per heavy atom. The lowest BCUT2D eigenvalue weighted by Gasteiger charge is -2.33. The van der Waals surface area contributed by atoms with Crippen molar-refractivity contribution in [3.8, 4) is 0 Å². The van der Waals surface area contributed by atoms with E-state index in [-0.39, 0.29) is 29.9 Å². The fourth-order valence-corrected chi connectivity index (χ4v) is 5.67. The van der Waals surface area contributed by atoms with Gasteiger partial charge in [0.2, 0.25) is 10.8 Å². The van der Waals surface area contributed by atoms with Crippen LogP contribution in [0.5, 0.6) is 0 Å². The topological polar surface area (TPSA) is 40.6 Å². The highest BCUT2D eigenvalue weighted by Crippen LogP contribution is 2.56. The Bertz CT molecular complexity index is 1190. The molecule has 0 saturated carbocycles. The van der Waals surface area contributed by atoms with E-state index in [9.17, 15) is 14.0 Å². The Labute approximate surface area is 182 Å². The minimum Gasteiger partial charge on any atom is -0.304 e. The van der Waals surface area contributed by atoms with E-state index >= 15 is 0 Å². The van der Waals surface area contributed by atoms with E-state index in [2.05, 4.69) is 0 Å². The normalized spacial score (nSPS) is 20.3. The van der Waals surface area contributed by atoms with Gasteiger partial charge in [-0.05, 0) is 30.3 Å². The maximum absolute atomic E-state index is 14.3. The highest BCUT2D eigenvalue weighted by atomic mass is 35.5. The van der Waals surface area contributed by atoms with Gasteiger partial charge < -0.3 is 4.90 Å². The molecule has 0 bridgehead atoms. The molecule has 1 atom stereocenters. The molecular weight excluding hydrogens is 423 g/mol. The van der Waals surface area contributed by atoms with Crippen molar-refractivity contribution in [1.82, 2.24) is 0 Å². The summed E-state index contributed by atoms with van der Waals surface area (Å²) in [6, 6.07) is 20.7. The smallest absolute Gasteiger partial charge is 0.269 e. The molecule has 0 radical (unpaired) electrons. The lowest BCUT2D eigenvalue weighted by atomic mass is 10.0. The first-order valence-corrected chi connectivity index (χ1v) is 10.8. The summed E-state index contributed by atoms with van der Waals surface area (Å²) in [5.41, 5.74) is 2.39. The summed E-state index contributed by atoms with van der Waals surface area (Å²) in [5.74, 6) is -0.633. The SMILES string of the molecule is O=C1CS[C@]2(C(=O)N(Cc3ccccc3F)c3ccccc32)N1c1cccc(Cl)c1. The number of nitrogens with zero attached hydrogens (tertiary/aromatic N) is 2. The number of halogens is 2. The third-order valence-electron chi connectivity index (χ3n) is 5.42. The minimum absolute atomic E-state index is 0.0857. The van der Waals surface area contributed by atoms with E-state index in [0.717, 1.165) is 5.56 Å². The molecule has 30 heavy (non-hydrogen) atoms. The predicted molar refractivity (Wildman–Crippen MR) is 117 cm³/mol. The van der Waals surface area contributed by atoms with Gasteiger partial charge in [-0.25, -0.2) is 4.39 Å². The van der Waals surface area contributed by atoms with Gasteiger partial charge in [0, 0.05) is 21.8 Å². The molecule has 0 aliphatic carbocycles. The Morgan fingerprint density at radius 1 is 1.00 bits per heavy atom. The second kappa shape index (κ2) is 7.15. The number of thioether (sulfide) groups is 1. The zero-order chi connectivity index (χ0) is 20.9. The second-order valence-corrected chi connectivity index (χ2v) is 8.75. The first-order valence-electron chi connectivity index (χ1n) is 9.40. The van der Waals surface area contributed by atoms with E-state index in [1.807, 2.05) is 24.3 Å². The van der Waals surface area contributed by atoms with Gasteiger partial charge >= 0.3 is 0 Å². The van der Waals surface area contributed by atoms with Crippen molar-refractivity contribution >= 4 is 46.6 Å². The number of amides is 2. The lowest BCUT2D eigenvalue weighted by Crippen LogP contribution is -2.49. The van der Waals surface area contributed by atoms with Crippen LogP contribution in [0.3, 0.4) is 0 Å². The largest absolute Gasteiger partial charge is 0.304 e. The van der Waals surface area contributed by atoms with Gasteiger partial charge in [0.1, 0.15) is 5.82 Å². The van der Waals surface area contributed by atoms with Gasteiger partial charge in [0.05, 0.1) is 18.0 Å². The number of anilines is 2. The summed E-state index contributed by atoms with van der Waals surface area (Å²) < 4.78 is 14.3. The van der Waals surface area contributed by atoms with Gasteiger partial charge in [0.25, 0.3) is 5.91 Å². The van der Waals surface area contributed by atoms with E-state index in [1.165, 1.54) is 22.7 Å². The molecule has 3 aromatic rings. The standard InChI is InChI=1S/C23H16ClFN2O2S/c24-16-7-5-8-17(12-16)27-21(28)14-30-23(27)18-9-2-4-11-20(18)26(22(23)29)13-15-6-1-3-10-19(15)25/h1-12H,13-14H2/t23-/m1/s1. The number of hydrogen-bond acceptors (Lipinski definition) is 3. The van der Waals surface area contributed by atoms with Crippen molar-refractivity contribution in [3.63, 3.8) is 0 Å². The summed E-state index contributed by atoms with van der Waals surface area (Å²) in [6.07, 6.45) is 0. The van der Waals surface area contributed by atoms with Gasteiger partial charge in [-0.3, -0.25) is 14.5 Å². The van der Waals surface area contributed by atoms with Crippen LogP contribution in [0.2, 0.25) is 5.02 Å². The Kier molecular flexibility index (Phi) is 4.56. The van der Waals surface area contributed by atoms with Crippen molar-refractivity contribution in [3.05, 3.63) is 94.8 Å². The lowest BCUT2D eigenvalue weighted by molar-refractivity contribution is -0.123. The molecule has 2 aliphatic heterocycles. The van der Waals surface area contributed by atoms with E-state index in [4.69, 9.17) is 11.6 Å². The molecule has 1 fully saturated rings. The van der Waals surface area contributed by atoms with E-state index < -0.39 is 4.87 Å². The number of hydrogen-bond donors (Lipinski definition) is 0. The van der Waals surface area contributed by atoms with E-state index in [1.54, 1.807) is 47.4 Å². The molecule has 0 N–H and O–H groups in total. The summed E-state index contributed by atoms with van der Waals surface area (Å²) in [5, 5.41) is 0.481. The quantitative estimate of drug-likeness (QED) is 0.580. The predicted octanol–water partition coefficient (Wildman–Crippen LogP) is 4.96. The number of para-hydroxylation sites is 1. The molecule has 2 heterocycles. The molecule has 2 amide bonds. The summed E-state index contributed by atoms with van der Waals surface area (Å²) in [7, 11) is 0. The average Bonchev–Trinajstić information content (AvgIpc) is 3.21. The monoisotopic (exact) mass is 438 g/mol. The highest BCUT2D eigenvalue weighted by molar-refractivity contribution is 8.02. The third kappa shape index (κ3) is 2.75. The molecule has 3 aromatic carbocycles. The maximum Gasteiger partial charge on any atom is 0.269 e. The highest BCUT2D eigenvalue weighted by Gasteiger charge is 2.60. The molecule has 150 valence electrons. The van der Waals surface area contributed by atoms with E-state index in [0.29, 0.717) is 22.0 Å². The van der Waals surface area contributed by atoms with Crippen molar-refractivity contribution in [2.24, 2.45) is 0 Å². The zero-order valence-corrected chi connectivity index (χ0v) is 17.3. The number of fused-ring (bicyclic) bond motifs is 2. The molecule has 1 spiro atoms. The van der Waals surface area contributed by atoms with Gasteiger partial charge in [-0.1, -0.05) is 54.1 Å². The Balaban J connectivity index is 1.66. The van der Waals surface area contributed by atoms with Crippen LogP contribution in [0.25, 0.3) is 0 Å². The molecule has 5 rings (SSSR count). The Hall–Kier alpha value is -2.83. The average molecular weight is 439 g/mol. The van der Waals surface area contributed by atoms with Crippen LogP contribution in [0.4, 0.5) is 15.8 Å². The molecule has 0 aromatic heterocycles. The number of rotatable bonds is 3. The van der Waals surface area contributed by atoms with Gasteiger partial charge in [0.15, 0.2) is 0 Å². The van der Waals surface area contributed by atoms with Crippen LogP contribution in [-0.2, 0) is 21.0 Å². The Morgan fingerprint density at radius 2 is 1.77 bits per heavy atom. The van der Waals surface area contributed by atoms with Crippen LogP contribution in [0.15, 0.2) is 72.8 Å². The first-order chi connectivity index (χ1) is 14.5. The van der Waals surface area contributed by atoms with Crippen molar-refractivity contribution < 1.29 is 14.0 Å². The molecular formula is C23H16ClFN2O2S. The van der Waals surface area contributed by atoms with Crippen molar-refractivity contribution in [2.75, 3.05) is 15.6 Å². The number of carbonyl (C=O) groups excluding carboxylic acids is 2. The van der Waals surface area contributed by atoms with Crippen LogP contribution >= 0.6 is 23.4 Å². The van der Waals surface area contributed by atoms with Crippen LogP contribution in [0, 0.1) is 5.82 Å². The fraction of sp³-hybridized carbons (Fsp3) is 0.130. The van der Waals surface area contributed by atoms with Crippen LogP contribution in [-0.4, -0.2) is 17.6 Å². The molecule has 4 nitrogen and oxygen atoms in total. The van der Waals surface area contributed by atoms with Crippen molar-refractivity contribution in [1.29, 1.82) is 0 Å². The molecule has 1 saturated heterocycles. The molecule has 7 heteroatoms. The molecule has 0 unspecified atom stereocenters. The number of benzene rings is 3. The van der Waals surface area contributed by atoms with Crippen LogP contribution < -0.4 is 9.80 Å². The first kappa shape index (κ1) is 19.2. The maximum atomic E-state index is 14.3. The molecule has 2 aliphatic rings. The summed E-state index contributed by atoms with van der Waals surface area (Å²) >= 11 is 7.46.